The molecule has 0 saturated heterocycles. The van der Waals surface area contributed by atoms with Crippen molar-refractivity contribution in [1.82, 2.24) is 0 Å². The lowest BCUT2D eigenvalue weighted by Crippen LogP contribution is -2.57. The Bertz CT molecular complexity index is 173. The molecular formula is C11H28OSi2. The average Bonchev–Trinajstić information content (AvgIpc) is 1.96. The van der Waals surface area contributed by atoms with E-state index in [1.54, 1.807) is 0 Å². The van der Waals surface area contributed by atoms with Crippen LogP contribution in [-0.4, -0.2) is 21.6 Å². The second-order valence-corrected chi connectivity index (χ2v) is 16.0. The van der Waals surface area contributed by atoms with Gasteiger partial charge < -0.3 is 4.43 Å². The van der Waals surface area contributed by atoms with E-state index < -0.39 is 16.4 Å². The highest BCUT2D eigenvalue weighted by Crippen LogP contribution is 2.34. The van der Waals surface area contributed by atoms with Gasteiger partial charge in [0.05, 0.1) is 8.07 Å². The Kier molecular flexibility index (Phi) is 4.62. The highest BCUT2D eigenvalue weighted by Gasteiger charge is 2.43. The van der Waals surface area contributed by atoms with E-state index in [0.29, 0.717) is 0 Å². The number of rotatable bonds is 5. The fraction of sp³-hybridized carbons (Fsp3) is 1.00. The Hall–Kier alpha value is 0.394. The molecule has 0 bridgehead atoms. The number of hydrogen-bond acceptors (Lipinski definition) is 1. The second-order valence-electron chi connectivity index (χ2n) is 6.17. The molecule has 0 aliphatic carbocycles. The van der Waals surface area contributed by atoms with Crippen LogP contribution < -0.4 is 0 Å². The zero-order valence-electron chi connectivity index (χ0n) is 11.3. The van der Waals surface area contributed by atoms with E-state index in [2.05, 4.69) is 53.1 Å². The van der Waals surface area contributed by atoms with Crippen molar-refractivity contribution in [2.24, 2.45) is 0 Å². The maximum absolute atomic E-state index is 6.49. The lowest BCUT2D eigenvalue weighted by atomic mass is 10.2. The predicted molar refractivity (Wildman–Crippen MR) is 71.1 cm³/mol. The predicted octanol–water partition coefficient (Wildman–Crippen LogP) is 4.27. The smallest absolute Gasteiger partial charge is 0.184 e. The molecule has 0 spiro atoms. The topological polar surface area (TPSA) is 9.23 Å². The summed E-state index contributed by atoms with van der Waals surface area (Å²) in [5.74, 6) is 0. The summed E-state index contributed by atoms with van der Waals surface area (Å²) >= 11 is 0. The molecule has 14 heavy (non-hydrogen) atoms. The Morgan fingerprint density at radius 1 is 0.857 bits per heavy atom. The van der Waals surface area contributed by atoms with Crippen molar-refractivity contribution in [3.63, 3.8) is 0 Å². The average molecular weight is 233 g/mol. The minimum absolute atomic E-state index is 0.206. The monoisotopic (exact) mass is 232 g/mol. The van der Waals surface area contributed by atoms with Gasteiger partial charge in [0.25, 0.3) is 0 Å². The van der Waals surface area contributed by atoms with Crippen LogP contribution in [0, 0.1) is 0 Å². The first kappa shape index (κ1) is 14.4. The van der Waals surface area contributed by atoms with Crippen LogP contribution >= 0.6 is 0 Å². The first-order valence-electron chi connectivity index (χ1n) is 5.78. The van der Waals surface area contributed by atoms with Gasteiger partial charge in [0.1, 0.15) is 0 Å². The Labute approximate surface area is 92.4 Å². The normalized spacial score (nSPS) is 14.6. The van der Waals surface area contributed by atoms with Gasteiger partial charge in [-0.1, -0.05) is 33.5 Å². The standard InChI is InChI=1S/C11H28OSi2/c1-9-11(10-2,13(3,4)5)12-14(6,7)8/h9-10H2,1-8H3. The van der Waals surface area contributed by atoms with Gasteiger partial charge in [0.2, 0.25) is 0 Å². The third kappa shape index (κ3) is 3.52. The molecule has 0 amide bonds. The second kappa shape index (κ2) is 4.50. The van der Waals surface area contributed by atoms with Gasteiger partial charge in [0.15, 0.2) is 8.32 Å². The van der Waals surface area contributed by atoms with Crippen molar-refractivity contribution in [3.8, 4) is 0 Å². The summed E-state index contributed by atoms with van der Waals surface area (Å²) in [5, 5.41) is 0.206. The van der Waals surface area contributed by atoms with Crippen LogP contribution in [0.3, 0.4) is 0 Å². The first-order chi connectivity index (χ1) is 6.08. The van der Waals surface area contributed by atoms with Gasteiger partial charge in [0, 0.05) is 5.22 Å². The molecule has 0 saturated carbocycles. The molecule has 0 aromatic rings. The van der Waals surface area contributed by atoms with Crippen LogP contribution in [0.25, 0.3) is 0 Å². The summed E-state index contributed by atoms with van der Waals surface area (Å²) in [6.45, 7) is 18.7. The highest BCUT2D eigenvalue weighted by atomic mass is 28.4. The van der Waals surface area contributed by atoms with E-state index in [1.165, 1.54) is 12.8 Å². The molecule has 0 rings (SSSR count). The fourth-order valence-corrected chi connectivity index (χ4v) is 7.92. The fourth-order valence-electron chi connectivity index (χ4n) is 2.19. The summed E-state index contributed by atoms with van der Waals surface area (Å²) in [6, 6.07) is 0. The van der Waals surface area contributed by atoms with Gasteiger partial charge in [-0.05, 0) is 32.5 Å². The van der Waals surface area contributed by atoms with Crippen molar-refractivity contribution in [2.45, 2.75) is 71.2 Å². The minimum atomic E-state index is -1.41. The third-order valence-electron chi connectivity index (χ3n) is 3.01. The lowest BCUT2D eigenvalue weighted by molar-refractivity contribution is 0.126. The van der Waals surface area contributed by atoms with Gasteiger partial charge in [-0.25, -0.2) is 0 Å². The van der Waals surface area contributed by atoms with Crippen LogP contribution in [0.5, 0.6) is 0 Å². The SMILES string of the molecule is CCC(CC)(O[Si](C)(C)C)[Si](C)(C)C. The van der Waals surface area contributed by atoms with Gasteiger partial charge >= 0.3 is 0 Å². The Balaban J connectivity index is 4.91. The zero-order chi connectivity index (χ0) is 11.6. The molecule has 0 aliphatic heterocycles. The van der Waals surface area contributed by atoms with Crippen molar-refractivity contribution < 1.29 is 4.43 Å². The van der Waals surface area contributed by atoms with Gasteiger partial charge in [-0.2, -0.15) is 0 Å². The maximum Gasteiger partial charge on any atom is 0.184 e. The van der Waals surface area contributed by atoms with Crippen molar-refractivity contribution in [3.05, 3.63) is 0 Å². The summed E-state index contributed by atoms with van der Waals surface area (Å²) in [4.78, 5) is 0. The minimum Gasteiger partial charge on any atom is -0.415 e. The molecule has 0 aliphatic rings. The van der Waals surface area contributed by atoms with Gasteiger partial charge in [-0.3, -0.25) is 0 Å². The van der Waals surface area contributed by atoms with E-state index in [4.69, 9.17) is 4.43 Å². The molecule has 0 unspecified atom stereocenters. The Morgan fingerprint density at radius 3 is 1.29 bits per heavy atom. The molecular weight excluding hydrogens is 204 g/mol. The lowest BCUT2D eigenvalue weighted by Gasteiger charge is -2.46. The van der Waals surface area contributed by atoms with Crippen LogP contribution in [0.2, 0.25) is 39.3 Å². The molecule has 86 valence electrons. The van der Waals surface area contributed by atoms with E-state index in [-0.39, 0.29) is 5.22 Å². The summed E-state index contributed by atoms with van der Waals surface area (Å²) < 4.78 is 6.49. The molecule has 0 radical (unpaired) electrons. The van der Waals surface area contributed by atoms with Crippen molar-refractivity contribution in [1.29, 1.82) is 0 Å². The largest absolute Gasteiger partial charge is 0.415 e. The van der Waals surface area contributed by atoms with Crippen molar-refractivity contribution in [2.75, 3.05) is 0 Å². The van der Waals surface area contributed by atoms with E-state index in [1.807, 2.05) is 0 Å². The van der Waals surface area contributed by atoms with Gasteiger partial charge in [-0.15, -0.1) is 0 Å². The molecule has 0 aromatic carbocycles. The van der Waals surface area contributed by atoms with E-state index in [0.717, 1.165) is 0 Å². The first-order valence-corrected chi connectivity index (χ1v) is 12.7. The highest BCUT2D eigenvalue weighted by molar-refractivity contribution is 6.80. The number of hydrogen-bond donors (Lipinski definition) is 0. The van der Waals surface area contributed by atoms with E-state index >= 15 is 0 Å². The molecule has 0 aromatic heterocycles. The van der Waals surface area contributed by atoms with E-state index in [9.17, 15) is 0 Å². The summed E-state index contributed by atoms with van der Waals surface area (Å²) in [6.07, 6.45) is 2.34. The molecule has 0 N–H and O–H groups in total. The quantitative estimate of drug-likeness (QED) is 0.643. The molecule has 0 fully saturated rings. The summed E-state index contributed by atoms with van der Waals surface area (Å²) in [7, 11) is -2.64. The maximum atomic E-state index is 6.49. The van der Waals surface area contributed by atoms with Crippen LogP contribution in [0.15, 0.2) is 0 Å². The van der Waals surface area contributed by atoms with Crippen LogP contribution in [0.4, 0.5) is 0 Å². The van der Waals surface area contributed by atoms with Crippen LogP contribution in [-0.2, 0) is 4.43 Å². The third-order valence-corrected chi connectivity index (χ3v) is 7.76. The zero-order valence-corrected chi connectivity index (χ0v) is 13.3. The molecule has 3 heteroatoms. The Morgan fingerprint density at radius 2 is 1.21 bits per heavy atom. The molecule has 0 atom stereocenters. The van der Waals surface area contributed by atoms with Crippen molar-refractivity contribution >= 4 is 16.4 Å². The molecule has 1 nitrogen and oxygen atoms in total. The summed E-state index contributed by atoms with van der Waals surface area (Å²) in [5.41, 5.74) is 0. The van der Waals surface area contributed by atoms with Crippen LogP contribution in [0.1, 0.15) is 26.7 Å². The molecule has 0 heterocycles.